The van der Waals surface area contributed by atoms with Crippen molar-refractivity contribution >= 4 is 28.9 Å². The number of carbonyl (C=O) groups is 2. The van der Waals surface area contributed by atoms with Crippen LogP contribution in [0, 0.1) is 10.1 Å². The second-order valence-electron chi connectivity index (χ2n) is 7.14. The third-order valence-electron chi connectivity index (χ3n) is 4.96. The number of hydrogen-bond acceptors (Lipinski definition) is 6. The van der Waals surface area contributed by atoms with Crippen LogP contribution in [0.25, 0.3) is 0 Å². The molecule has 2 N–H and O–H groups in total. The Morgan fingerprint density at radius 3 is 2.45 bits per heavy atom. The fourth-order valence-electron chi connectivity index (χ4n) is 3.34. The van der Waals surface area contributed by atoms with Crippen molar-refractivity contribution in [1.82, 2.24) is 15.1 Å². The molecule has 0 spiro atoms. The van der Waals surface area contributed by atoms with Gasteiger partial charge in [0.05, 0.1) is 11.5 Å². The highest BCUT2D eigenvalue weighted by Gasteiger charge is 2.25. The van der Waals surface area contributed by atoms with E-state index in [9.17, 15) is 19.7 Å². The first-order valence-corrected chi connectivity index (χ1v) is 9.97. The predicted molar refractivity (Wildman–Crippen MR) is 118 cm³/mol. The summed E-state index contributed by atoms with van der Waals surface area (Å²) in [5.74, 6) is -0.345. The molecule has 0 saturated carbocycles. The number of para-hydroxylation sites is 1. The molecule has 0 atom stereocenters. The van der Waals surface area contributed by atoms with E-state index in [1.807, 2.05) is 23.1 Å². The fourth-order valence-corrected chi connectivity index (χ4v) is 3.34. The summed E-state index contributed by atoms with van der Waals surface area (Å²) in [6.45, 7) is 6.27. The molecule has 9 nitrogen and oxygen atoms in total. The average Bonchev–Trinajstić information content (AvgIpc) is 2.78. The Kier molecular flexibility index (Phi) is 7.34. The molecule has 2 aromatic rings. The van der Waals surface area contributed by atoms with E-state index < -0.39 is 4.92 Å². The van der Waals surface area contributed by atoms with E-state index in [1.165, 1.54) is 6.07 Å². The molecule has 0 aromatic heterocycles. The minimum Gasteiger partial charge on any atom is -0.352 e. The van der Waals surface area contributed by atoms with Gasteiger partial charge in [-0.2, -0.15) is 0 Å². The summed E-state index contributed by atoms with van der Waals surface area (Å²) in [4.78, 5) is 39.4. The first-order chi connectivity index (χ1) is 15.0. The summed E-state index contributed by atoms with van der Waals surface area (Å²) in [7, 11) is 0. The van der Waals surface area contributed by atoms with E-state index in [-0.39, 0.29) is 29.6 Å². The summed E-state index contributed by atoms with van der Waals surface area (Å²) in [5, 5.41) is 17.3. The number of anilines is 2. The van der Waals surface area contributed by atoms with Gasteiger partial charge in [0, 0.05) is 50.0 Å². The molecule has 2 aromatic carbocycles. The second-order valence-corrected chi connectivity index (χ2v) is 7.14. The minimum atomic E-state index is -0.498. The smallest absolute Gasteiger partial charge is 0.293 e. The van der Waals surface area contributed by atoms with Crippen LogP contribution in [-0.2, 0) is 4.79 Å². The zero-order chi connectivity index (χ0) is 22.2. The van der Waals surface area contributed by atoms with Crippen molar-refractivity contribution in [3.8, 4) is 0 Å². The average molecular weight is 423 g/mol. The molecule has 0 bridgehead atoms. The molecule has 2 amide bonds. The number of rotatable bonds is 8. The Bertz CT molecular complexity index is 956. The molecule has 3 rings (SSSR count). The number of nitro groups is 1. The fraction of sp³-hybridized carbons (Fsp3) is 0.273. The van der Waals surface area contributed by atoms with Gasteiger partial charge >= 0.3 is 0 Å². The van der Waals surface area contributed by atoms with Gasteiger partial charge in [0.1, 0.15) is 5.69 Å². The maximum atomic E-state index is 12.9. The van der Waals surface area contributed by atoms with Gasteiger partial charge in [-0.3, -0.25) is 24.6 Å². The normalized spacial score (nSPS) is 14.0. The molecule has 1 fully saturated rings. The van der Waals surface area contributed by atoms with Crippen LogP contribution < -0.4 is 10.6 Å². The number of nitrogens with zero attached hydrogens (tertiary/aromatic N) is 3. The van der Waals surface area contributed by atoms with E-state index >= 15 is 0 Å². The zero-order valence-corrected chi connectivity index (χ0v) is 17.1. The quantitative estimate of drug-likeness (QED) is 0.384. The number of carbonyl (C=O) groups excluding carboxylic acids is 2. The summed E-state index contributed by atoms with van der Waals surface area (Å²) >= 11 is 0. The Balaban J connectivity index is 1.64. The van der Waals surface area contributed by atoms with Crippen molar-refractivity contribution in [2.75, 3.05) is 44.6 Å². The Morgan fingerprint density at radius 1 is 1.10 bits per heavy atom. The van der Waals surface area contributed by atoms with Gasteiger partial charge in [0.2, 0.25) is 5.91 Å². The summed E-state index contributed by atoms with van der Waals surface area (Å²) < 4.78 is 0. The lowest BCUT2D eigenvalue weighted by molar-refractivity contribution is -0.383. The maximum Gasteiger partial charge on any atom is 0.293 e. The minimum absolute atomic E-state index is 0.0863. The van der Waals surface area contributed by atoms with E-state index in [1.54, 1.807) is 35.2 Å². The molecule has 162 valence electrons. The molecule has 1 heterocycles. The van der Waals surface area contributed by atoms with Crippen LogP contribution in [-0.4, -0.2) is 65.8 Å². The Hall–Kier alpha value is -3.72. The third kappa shape index (κ3) is 5.89. The van der Waals surface area contributed by atoms with Gasteiger partial charge in [-0.25, -0.2) is 0 Å². The molecular weight excluding hydrogens is 398 g/mol. The monoisotopic (exact) mass is 423 g/mol. The summed E-state index contributed by atoms with van der Waals surface area (Å²) in [6, 6.07) is 13.6. The number of amides is 2. The lowest BCUT2D eigenvalue weighted by atomic mass is 10.1. The lowest BCUT2D eigenvalue weighted by Crippen LogP contribution is -2.51. The van der Waals surface area contributed by atoms with E-state index in [0.717, 1.165) is 5.69 Å². The van der Waals surface area contributed by atoms with E-state index in [4.69, 9.17) is 0 Å². The summed E-state index contributed by atoms with van der Waals surface area (Å²) in [6.07, 6.45) is 1.62. The summed E-state index contributed by atoms with van der Waals surface area (Å²) in [5.41, 5.74) is 1.15. The van der Waals surface area contributed by atoms with Crippen LogP contribution in [0.4, 0.5) is 17.1 Å². The molecule has 1 aliphatic rings. The molecular formula is C22H25N5O4. The molecule has 0 unspecified atom stereocenters. The van der Waals surface area contributed by atoms with Crippen LogP contribution in [0.1, 0.15) is 10.4 Å². The van der Waals surface area contributed by atoms with Crippen molar-refractivity contribution in [2.45, 2.75) is 0 Å². The molecule has 0 aliphatic carbocycles. The number of piperazine rings is 1. The van der Waals surface area contributed by atoms with Crippen molar-refractivity contribution in [1.29, 1.82) is 0 Å². The molecule has 9 heteroatoms. The van der Waals surface area contributed by atoms with Crippen molar-refractivity contribution in [3.05, 3.63) is 76.9 Å². The second kappa shape index (κ2) is 10.4. The van der Waals surface area contributed by atoms with Crippen LogP contribution in [0.15, 0.2) is 61.2 Å². The van der Waals surface area contributed by atoms with Crippen LogP contribution in [0.3, 0.4) is 0 Å². The van der Waals surface area contributed by atoms with Crippen molar-refractivity contribution in [2.24, 2.45) is 0 Å². The number of hydrogen-bond donors (Lipinski definition) is 2. The first kappa shape index (κ1) is 22.0. The van der Waals surface area contributed by atoms with E-state index in [2.05, 4.69) is 17.2 Å². The van der Waals surface area contributed by atoms with Gasteiger partial charge in [0.15, 0.2) is 0 Å². The topological polar surface area (TPSA) is 108 Å². The SMILES string of the molecule is C=CCNC(=O)CN1CCN(C(=O)c2ccc(Nc3ccccc3)c([N+](=O)[O-])c2)CC1. The first-order valence-electron chi connectivity index (χ1n) is 9.97. The standard InChI is InChI=1S/C22H25N5O4/c1-2-10-23-21(28)16-25-11-13-26(14-12-25)22(29)17-8-9-19(20(15-17)27(30)31)24-18-6-4-3-5-7-18/h2-9,15,24H,1,10-14,16H2,(H,23,28). The zero-order valence-electron chi connectivity index (χ0n) is 17.1. The van der Waals surface area contributed by atoms with Crippen LogP contribution in [0.5, 0.6) is 0 Å². The Labute approximate surface area is 180 Å². The van der Waals surface area contributed by atoms with Gasteiger partial charge in [-0.1, -0.05) is 24.3 Å². The van der Waals surface area contributed by atoms with Crippen LogP contribution >= 0.6 is 0 Å². The lowest BCUT2D eigenvalue weighted by Gasteiger charge is -2.34. The largest absolute Gasteiger partial charge is 0.352 e. The number of benzene rings is 2. The number of nitrogens with one attached hydrogen (secondary N) is 2. The highest BCUT2D eigenvalue weighted by Crippen LogP contribution is 2.29. The number of nitro benzene ring substituents is 1. The van der Waals surface area contributed by atoms with E-state index in [0.29, 0.717) is 38.4 Å². The molecule has 1 aliphatic heterocycles. The van der Waals surface area contributed by atoms with Gasteiger partial charge < -0.3 is 15.5 Å². The van der Waals surface area contributed by atoms with Gasteiger partial charge in [-0.05, 0) is 24.3 Å². The van der Waals surface area contributed by atoms with Gasteiger partial charge in [0.25, 0.3) is 11.6 Å². The highest BCUT2D eigenvalue weighted by atomic mass is 16.6. The van der Waals surface area contributed by atoms with Crippen molar-refractivity contribution < 1.29 is 14.5 Å². The van der Waals surface area contributed by atoms with Crippen molar-refractivity contribution in [3.63, 3.8) is 0 Å². The predicted octanol–water partition coefficient (Wildman–Crippen LogP) is 2.40. The highest BCUT2D eigenvalue weighted by molar-refractivity contribution is 5.96. The maximum absolute atomic E-state index is 12.9. The third-order valence-corrected chi connectivity index (χ3v) is 4.96. The molecule has 1 saturated heterocycles. The molecule has 0 radical (unpaired) electrons. The van der Waals surface area contributed by atoms with Gasteiger partial charge in [-0.15, -0.1) is 6.58 Å². The Morgan fingerprint density at radius 2 is 1.81 bits per heavy atom. The molecule has 31 heavy (non-hydrogen) atoms. The van der Waals surface area contributed by atoms with Crippen LogP contribution in [0.2, 0.25) is 0 Å².